The number of carbonyl (C=O) groups excluding carboxylic acids is 2. The minimum atomic E-state index is -0.412. The predicted octanol–water partition coefficient (Wildman–Crippen LogP) is 3.53. The number of hydrogen-bond donors (Lipinski definition) is 1. The molecule has 0 aliphatic rings. The van der Waals surface area contributed by atoms with Crippen LogP contribution in [0.25, 0.3) is 0 Å². The van der Waals surface area contributed by atoms with E-state index in [0.717, 1.165) is 0 Å². The third-order valence-corrected chi connectivity index (χ3v) is 3.95. The number of benzene rings is 1. The summed E-state index contributed by atoms with van der Waals surface area (Å²) >= 11 is 1.30. The summed E-state index contributed by atoms with van der Waals surface area (Å²) in [5, 5.41) is 8.29. The van der Waals surface area contributed by atoms with Crippen molar-refractivity contribution in [3.63, 3.8) is 0 Å². The lowest BCUT2D eigenvalue weighted by Gasteiger charge is -2.04. The van der Waals surface area contributed by atoms with Gasteiger partial charge in [0, 0.05) is 5.69 Å². The van der Waals surface area contributed by atoms with Crippen molar-refractivity contribution in [1.82, 2.24) is 5.16 Å². The number of ketones is 1. The summed E-state index contributed by atoms with van der Waals surface area (Å²) in [6.45, 7) is 1.61. The van der Waals surface area contributed by atoms with Crippen molar-refractivity contribution in [3.8, 4) is 0 Å². The maximum atomic E-state index is 12.4. The van der Waals surface area contributed by atoms with Gasteiger partial charge in [-0.05, 0) is 30.5 Å². The molecule has 0 aliphatic carbocycles. The van der Waals surface area contributed by atoms with Gasteiger partial charge in [0.05, 0.1) is 4.88 Å². The maximum Gasteiger partial charge on any atom is 0.261 e. The standard InChI is InChI=1S/C16H12N2O3S/c1-10-13(16(20)17-11-6-3-2-4-7-11)14(18-21-10)15(19)12-8-5-9-22-12/h2-9H,1H3,(H,17,20). The smallest absolute Gasteiger partial charge is 0.261 e. The highest BCUT2D eigenvalue weighted by molar-refractivity contribution is 7.12. The van der Waals surface area contributed by atoms with Crippen molar-refractivity contribution in [3.05, 3.63) is 69.7 Å². The third-order valence-electron chi connectivity index (χ3n) is 3.08. The number of rotatable bonds is 4. The van der Waals surface area contributed by atoms with Gasteiger partial charge in [-0.1, -0.05) is 29.4 Å². The molecule has 0 fully saturated rings. The summed E-state index contributed by atoms with van der Waals surface area (Å²) in [5.41, 5.74) is 0.846. The van der Waals surface area contributed by atoms with Crippen LogP contribution in [0.2, 0.25) is 0 Å². The van der Waals surface area contributed by atoms with E-state index in [1.54, 1.807) is 36.6 Å². The van der Waals surface area contributed by atoms with E-state index in [1.165, 1.54) is 11.3 Å². The van der Waals surface area contributed by atoms with Crippen LogP contribution < -0.4 is 5.32 Å². The molecule has 0 atom stereocenters. The van der Waals surface area contributed by atoms with Crippen LogP contribution in [0.15, 0.2) is 52.4 Å². The van der Waals surface area contributed by atoms with Crippen LogP contribution in [0, 0.1) is 6.92 Å². The first-order valence-electron chi connectivity index (χ1n) is 6.57. The van der Waals surface area contributed by atoms with Crippen molar-refractivity contribution >= 4 is 28.7 Å². The molecule has 6 heteroatoms. The molecule has 2 heterocycles. The Kier molecular flexibility index (Phi) is 3.84. The zero-order chi connectivity index (χ0) is 15.5. The number of aryl methyl sites for hydroxylation is 1. The number of hydrogen-bond acceptors (Lipinski definition) is 5. The van der Waals surface area contributed by atoms with E-state index in [2.05, 4.69) is 10.5 Å². The highest BCUT2D eigenvalue weighted by Gasteiger charge is 2.26. The highest BCUT2D eigenvalue weighted by atomic mass is 32.1. The van der Waals surface area contributed by atoms with Crippen LogP contribution >= 0.6 is 11.3 Å². The van der Waals surface area contributed by atoms with Crippen LogP contribution in [-0.4, -0.2) is 16.8 Å². The molecule has 0 unspecified atom stereocenters. The molecule has 0 saturated heterocycles. The largest absolute Gasteiger partial charge is 0.360 e. The molecule has 3 rings (SSSR count). The molecule has 0 spiro atoms. The highest BCUT2D eigenvalue weighted by Crippen LogP contribution is 2.21. The van der Waals surface area contributed by atoms with E-state index >= 15 is 0 Å². The van der Waals surface area contributed by atoms with Crippen LogP contribution in [0.5, 0.6) is 0 Å². The lowest BCUT2D eigenvalue weighted by Crippen LogP contribution is -2.16. The molecule has 3 aromatic rings. The lowest BCUT2D eigenvalue weighted by molar-refractivity contribution is 0.0995. The maximum absolute atomic E-state index is 12.4. The van der Waals surface area contributed by atoms with Crippen LogP contribution in [0.1, 0.15) is 31.5 Å². The molecule has 0 bridgehead atoms. The number of para-hydroxylation sites is 1. The SMILES string of the molecule is Cc1onc(C(=O)c2cccs2)c1C(=O)Nc1ccccc1. The summed E-state index contributed by atoms with van der Waals surface area (Å²) in [6, 6.07) is 12.5. The number of nitrogens with one attached hydrogen (secondary N) is 1. The number of nitrogens with zero attached hydrogens (tertiary/aromatic N) is 1. The van der Waals surface area contributed by atoms with Gasteiger partial charge >= 0.3 is 0 Å². The van der Waals surface area contributed by atoms with Crippen LogP contribution in [-0.2, 0) is 0 Å². The molecule has 22 heavy (non-hydrogen) atoms. The minimum Gasteiger partial charge on any atom is -0.360 e. The second kappa shape index (κ2) is 5.95. The Balaban J connectivity index is 1.92. The van der Waals surface area contributed by atoms with E-state index in [0.29, 0.717) is 16.3 Å². The summed E-state index contributed by atoms with van der Waals surface area (Å²) < 4.78 is 5.05. The zero-order valence-corrected chi connectivity index (χ0v) is 12.5. The molecular weight excluding hydrogens is 300 g/mol. The third kappa shape index (κ3) is 2.68. The molecule has 5 nitrogen and oxygen atoms in total. The number of aromatic nitrogens is 1. The summed E-state index contributed by atoms with van der Waals surface area (Å²) in [5.74, 6) is -0.414. The molecule has 1 aromatic carbocycles. The Hall–Kier alpha value is -2.73. The molecule has 0 radical (unpaired) electrons. The minimum absolute atomic E-state index is 0.0355. The molecular formula is C16H12N2O3S. The zero-order valence-electron chi connectivity index (χ0n) is 11.7. The van der Waals surface area contributed by atoms with Crippen molar-refractivity contribution < 1.29 is 14.1 Å². The predicted molar refractivity (Wildman–Crippen MR) is 83.4 cm³/mol. The van der Waals surface area contributed by atoms with Crippen molar-refractivity contribution in [2.45, 2.75) is 6.92 Å². The van der Waals surface area contributed by atoms with Gasteiger partial charge in [-0.3, -0.25) is 9.59 Å². The topological polar surface area (TPSA) is 72.2 Å². The number of anilines is 1. The van der Waals surface area contributed by atoms with Gasteiger partial charge in [-0.25, -0.2) is 0 Å². The average Bonchev–Trinajstić information content (AvgIpc) is 3.17. The van der Waals surface area contributed by atoms with E-state index in [-0.39, 0.29) is 17.0 Å². The first-order valence-corrected chi connectivity index (χ1v) is 7.45. The Morgan fingerprint density at radius 2 is 1.91 bits per heavy atom. The number of amides is 1. The fourth-order valence-corrected chi connectivity index (χ4v) is 2.70. The molecule has 110 valence electrons. The lowest BCUT2D eigenvalue weighted by atomic mass is 10.1. The van der Waals surface area contributed by atoms with Gasteiger partial charge in [-0.2, -0.15) is 0 Å². The second-order valence-corrected chi connectivity index (χ2v) is 5.54. The molecule has 1 N–H and O–H groups in total. The fourth-order valence-electron chi connectivity index (χ4n) is 2.03. The summed E-state index contributed by atoms with van der Waals surface area (Å²) in [7, 11) is 0. The summed E-state index contributed by atoms with van der Waals surface area (Å²) in [4.78, 5) is 25.4. The molecule has 0 aliphatic heterocycles. The summed E-state index contributed by atoms with van der Waals surface area (Å²) in [6.07, 6.45) is 0. The van der Waals surface area contributed by atoms with Gasteiger partial charge < -0.3 is 9.84 Å². The number of thiophene rings is 1. The average molecular weight is 312 g/mol. The van der Waals surface area contributed by atoms with Crippen LogP contribution in [0.3, 0.4) is 0 Å². The molecule has 0 saturated carbocycles. The number of carbonyl (C=O) groups is 2. The fraction of sp³-hybridized carbons (Fsp3) is 0.0625. The van der Waals surface area contributed by atoms with Crippen molar-refractivity contribution in [2.24, 2.45) is 0 Å². The van der Waals surface area contributed by atoms with Gasteiger partial charge in [0.25, 0.3) is 5.91 Å². The van der Waals surface area contributed by atoms with Gasteiger partial charge in [-0.15, -0.1) is 11.3 Å². The van der Waals surface area contributed by atoms with E-state index in [4.69, 9.17) is 4.52 Å². The monoisotopic (exact) mass is 312 g/mol. The first kappa shape index (κ1) is 14.2. The van der Waals surface area contributed by atoms with Gasteiger partial charge in [0.2, 0.25) is 5.78 Å². The van der Waals surface area contributed by atoms with E-state index in [9.17, 15) is 9.59 Å². The van der Waals surface area contributed by atoms with Gasteiger partial charge in [0.1, 0.15) is 11.3 Å². The Bertz CT molecular complexity index is 807. The normalized spacial score (nSPS) is 10.4. The van der Waals surface area contributed by atoms with Crippen molar-refractivity contribution in [2.75, 3.05) is 5.32 Å². The second-order valence-electron chi connectivity index (χ2n) is 4.59. The van der Waals surface area contributed by atoms with Crippen LogP contribution in [0.4, 0.5) is 5.69 Å². The molecule has 2 aromatic heterocycles. The van der Waals surface area contributed by atoms with E-state index < -0.39 is 5.91 Å². The van der Waals surface area contributed by atoms with E-state index in [1.807, 2.05) is 18.2 Å². The van der Waals surface area contributed by atoms with Crippen molar-refractivity contribution in [1.29, 1.82) is 0 Å². The quantitative estimate of drug-likeness (QED) is 0.748. The first-order chi connectivity index (χ1) is 10.7. The van der Waals surface area contributed by atoms with Gasteiger partial charge in [0.15, 0.2) is 5.69 Å². The Labute approximate surface area is 130 Å². The Morgan fingerprint density at radius 1 is 1.14 bits per heavy atom. The Morgan fingerprint density at radius 3 is 2.59 bits per heavy atom. The molecule has 1 amide bonds.